The van der Waals surface area contributed by atoms with E-state index in [9.17, 15) is 9.59 Å². The number of benzene rings is 2. The molecule has 30 heavy (non-hydrogen) atoms. The molecule has 0 heterocycles. The fourth-order valence-electron chi connectivity index (χ4n) is 2.46. The lowest BCUT2D eigenvalue weighted by Crippen LogP contribution is -2.32. The van der Waals surface area contributed by atoms with Crippen LogP contribution in [0.5, 0.6) is 23.0 Å². The maximum Gasteiger partial charge on any atom is 0.258 e. The molecule has 0 spiro atoms. The molecule has 1 unspecified atom stereocenters. The van der Waals surface area contributed by atoms with E-state index < -0.39 is 17.7 Å². The van der Waals surface area contributed by atoms with Gasteiger partial charge in [0.1, 0.15) is 34.4 Å². The number of azo groups is 1. The van der Waals surface area contributed by atoms with Crippen LogP contribution in [0.1, 0.15) is 6.92 Å². The minimum absolute atomic E-state index is 0.174. The quantitative estimate of drug-likeness (QED) is 0.470. The van der Waals surface area contributed by atoms with Crippen molar-refractivity contribution < 1.29 is 28.5 Å². The van der Waals surface area contributed by atoms with Gasteiger partial charge in [0.05, 0.1) is 33.5 Å². The average molecular weight is 436 g/mol. The fourth-order valence-corrected chi connectivity index (χ4v) is 2.71. The second-order valence-electron chi connectivity index (χ2n) is 5.94. The van der Waals surface area contributed by atoms with Crippen molar-refractivity contribution in [1.29, 1.82) is 0 Å². The standard InChI is InChI=1S/C20H22ClN3O6/c1-11(25)18(24-23-15-9-12(27-2)6-7-16(15)29-4)20(26)22-19-14(21)8-13(28-3)10-17(19)30-5/h6-10,18H,1-5H3,(H,22,26). The Morgan fingerprint density at radius 1 is 0.933 bits per heavy atom. The molecule has 2 aromatic rings. The molecule has 0 saturated heterocycles. The van der Waals surface area contributed by atoms with E-state index >= 15 is 0 Å². The zero-order chi connectivity index (χ0) is 22.3. The van der Waals surface area contributed by atoms with Crippen LogP contribution in [-0.2, 0) is 9.59 Å². The molecule has 2 aromatic carbocycles. The van der Waals surface area contributed by atoms with Crippen molar-refractivity contribution in [3.05, 3.63) is 35.4 Å². The maximum atomic E-state index is 12.7. The molecule has 0 radical (unpaired) electrons. The van der Waals surface area contributed by atoms with Gasteiger partial charge in [0, 0.05) is 18.2 Å². The fraction of sp³-hybridized carbons (Fsp3) is 0.300. The monoisotopic (exact) mass is 435 g/mol. The molecule has 0 saturated carbocycles. The third kappa shape index (κ3) is 5.38. The third-order valence-corrected chi connectivity index (χ3v) is 4.33. The van der Waals surface area contributed by atoms with Gasteiger partial charge < -0.3 is 24.3 Å². The minimum Gasteiger partial charge on any atom is -0.497 e. The van der Waals surface area contributed by atoms with Gasteiger partial charge in [0.25, 0.3) is 5.91 Å². The number of rotatable bonds is 9. The Bertz CT molecular complexity index is 964. The Hall–Kier alpha value is -3.33. The third-order valence-electron chi connectivity index (χ3n) is 4.03. The summed E-state index contributed by atoms with van der Waals surface area (Å²) in [4.78, 5) is 24.8. The highest BCUT2D eigenvalue weighted by Gasteiger charge is 2.25. The highest BCUT2D eigenvalue weighted by Crippen LogP contribution is 2.37. The molecule has 1 amide bonds. The first-order chi connectivity index (χ1) is 14.3. The molecule has 160 valence electrons. The molecule has 0 aliphatic carbocycles. The second kappa shape index (κ2) is 10.4. The summed E-state index contributed by atoms with van der Waals surface area (Å²) in [5, 5.41) is 10.7. The maximum absolute atomic E-state index is 12.7. The number of carbonyl (C=O) groups is 2. The SMILES string of the molecule is COc1ccc(OC)c(N=NC(C(C)=O)C(=O)Nc2c(Cl)cc(OC)cc2OC)c1. The lowest BCUT2D eigenvalue weighted by atomic mass is 10.2. The number of hydrogen-bond acceptors (Lipinski definition) is 8. The number of nitrogens with one attached hydrogen (secondary N) is 1. The summed E-state index contributed by atoms with van der Waals surface area (Å²) < 4.78 is 20.7. The molecule has 0 fully saturated rings. The Labute approximate surface area is 178 Å². The van der Waals surface area contributed by atoms with Crippen LogP contribution in [0.3, 0.4) is 0 Å². The van der Waals surface area contributed by atoms with E-state index in [2.05, 4.69) is 15.5 Å². The van der Waals surface area contributed by atoms with E-state index in [-0.39, 0.29) is 16.5 Å². The van der Waals surface area contributed by atoms with Crippen LogP contribution >= 0.6 is 11.6 Å². The summed E-state index contributed by atoms with van der Waals surface area (Å²) in [5.74, 6) is 0.398. The Morgan fingerprint density at radius 2 is 1.60 bits per heavy atom. The molecule has 9 nitrogen and oxygen atoms in total. The van der Waals surface area contributed by atoms with Gasteiger partial charge in [-0.05, 0) is 19.1 Å². The van der Waals surface area contributed by atoms with Gasteiger partial charge in [-0.1, -0.05) is 11.6 Å². The minimum atomic E-state index is -1.41. The van der Waals surface area contributed by atoms with Gasteiger partial charge in [-0.15, -0.1) is 0 Å². The van der Waals surface area contributed by atoms with Crippen LogP contribution in [0, 0.1) is 0 Å². The molecule has 1 N–H and O–H groups in total. The number of carbonyl (C=O) groups excluding carboxylic acids is 2. The number of Topliss-reactive ketones (excluding diaryl/α,β-unsaturated/α-hetero) is 1. The van der Waals surface area contributed by atoms with Crippen LogP contribution < -0.4 is 24.3 Å². The number of ether oxygens (including phenoxy) is 4. The number of ketones is 1. The largest absolute Gasteiger partial charge is 0.497 e. The van der Waals surface area contributed by atoms with E-state index in [0.29, 0.717) is 22.9 Å². The van der Waals surface area contributed by atoms with Crippen molar-refractivity contribution in [2.45, 2.75) is 13.0 Å². The first kappa shape index (κ1) is 23.0. The predicted molar refractivity (Wildman–Crippen MR) is 112 cm³/mol. The molecule has 0 aliphatic rings. The van der Waals surface area contributed by atoms with E-state index in [1.807, 2.05) is 0 Å². The molecule has 1 atom stereocenters. The van der Waals surface area contributed by atoms with E-state index in [0.717, 1.165) is 0 Å². The van der Waals surface area contributed by atoms with Gasteiger partial charge >= 0.3 is 0 Å². The number of hydrogen-bond donors (Lipinski definition) is 1. The average Bonchev–Trinajstić information content (AvgIpc) is 2.74. The van der Waals surface area contributed by atoms with Crippen LogP contribution in [0.25, 0.3) is 0 Å². The van der Waals surface area contributed by atoms with Crippen LogP contribution in [-0.4, -0.2) is 46.2 Å². The Balaban J connectivity index is 2.33. The first-order valence-corrected chi connectivity index (χ1v) is 9.08. The summed E-state index contributed by atoms with van der Waals surface area (Å²) in [6.07, 6.45) is 0. The Kier molecular flexibility index (Phi) is 7.99. The van der Waals surface area contributed by atoms with E-state index in [4.69, 9.17) is 30.5 Å². The van der Waals surface area contributed by atoms with Crippen molar-refractivity contribution in [2.24, 2.45) is 10.2 Å². The second-order valence-corrected chi connectivity index (χ2v) is 6.35. The first-order valence-electron chi connectivity index (χ1n) is 8.70. The van der Waals surface area contributed by atoms with Gasteiger partial charge in [0.15, 0.2) is 5.78 Å². The van der Waals surface area contributed by atoms with Crippen LogP contribution in [0.4, 0.5) is 11.4 Å². The summed E-state index contributed by atoms with van der Waals surface area (Å²) in [6, 6.07) is 6.53. The lowest BCUT2D eigenvalue weighted by Gasteiger charge is -2.15. The number of methoxy groups -OCH3 is 4. The highest BCUT2D eigenvalue weighted by molar-refractivity contribution is 6.34. The summed E-state index contributed by atoms with van der Waals surface area (Å²) >= 11 is 6.22. The smallest absolute Gasteiger partial charge is 0.258 e. The van der Waals surface area contributed by atoms with E-state index in [1.54, 1.807) is 24.3 Å². The topological polar surface area (TPSA) is 108 Å². The number of anilines is 1. The molecule has 0 aromatic heterocycles. The van der Waals surface area contributed by atoms with Crippen molar-refractivity contribution >= 4 is 34.7 Å². The Morgan fingerprint density at radius 3 is 2.17 bits per heavy atom. The zero-order valence-electron chi connectivity index (χ0n) is 17.2. The molecule has 2 rings (SSSR count). The number of nitrogens with zero attached hydrogens (tertiary/aromatic N) is 2. The number of halogens is 1. The summed E-state index contributed by atoms with van der Waals surface area (Å²) in [5.41, 5.74) is 0.487. The normalized spacial score (nSPS) is 11.7. The van der Waals surface area contributed by atoms with Crippen LogP contribution in [0.15, 0.2) is 40.6 Å². The summed E-state index contributed by atoms with van der Waals surface area (Å²) in [7, 11) is 5.86. The van der Waals surface area contributed by atoms with E-state index in [1.165, 1.54) is 41.4 Å². The van der Waals surface area contributed by atoms with Gasteiger partial charge in [-0.25, -0.2) is 0 Å². The molecule has 0 aliphatic heterocycles. The predicted octanol–water partition coefficient (Wildman–Crippen LogP) is 4.05. The van der Waals surface area contributed by atoms with Gasteiger partial charge in [0.2, 0.25) is 6.04 Å². The zero-order valence-corrected chi connectivity index (χ0v) is 17.9. The number of amides is 1. The lowest BCUT2D eigenvalue weighted by molar-refractivity contribution is -0.126. The van der Waals surface area contributed by atoms with Crippen molar-refractivity contribution in [2.75, 3.05) is 33.8 Å². The molecule has 10 heteroatoms. The van der Waals surface area contributed by atoms with Crippen molar-refractivity contribution in [3.8, 4) is 23.0 Å². The molecule has 0 bridgehead atoms. The highest BCUT2D eigenvalue weighted by atomic mass is 35.5. The van der Waals surface area contributed by atoms with Gasteiger partial charge in [-0.3, -0.25) is 9.59 Å². The van der Waals surface area contributed by atoms with Gasteiger partial charge in [-0.2, -0.15) is 10.2 Å². The van der Waals surface area contributed by atoms with Crippen molar-refractivity contribution in [1.82, 2.24) is 0 Å². The molecular weight excluding hydrogens is 414 g/mol. The van der Waals surface area contributed by atoms with Crippen LogP contribution in [0.2, 0.25) is 5.02 Å². The van der Waals surface area contributed by atoms with Crippen molar-refractivity contribution in [3.63, 3.8) is 0 Å². The summed E-state index contributed by atoms with van der Waals surface area (Å²) in [6.45, 7) is 1.24. The molecular formula is C20H22ClN3O6.